The fraction of sp³-hybridized carbons (Fsp3) is 0.333. The molecule has 0 radical (unpaired) electrons. The van der Waals surface area contributed by atoms with Gasteiger partial charge in [-0.1, -0.05) is 28.9 Å². The van der Waals surface area contributed by atoms with E-state index in [9.17, 15) is 13.2 Å². The maximum atomic E-state index is 11.9. The summed E-state index contributed by atoms with van der Waals surface area (Å²) >= 11 is 5.76. The molecule has 8 heteroatoms. The molecule has 0 aliphatic heterocycles. The predicted molar refractivity (Wildman–Crippen MR) is 66.3 cm³/mol. The van der Waals surface area contributed by atoms with Gasteiger partial charge in [0.15, 0.2) is 5.82 Å². The summed E-state index contributed by atoms with van der Waals surface area (Å²) in [5, 5.41) is 6.52. The standard InChI is InChI=1S/C12H11ClF3N3O/c13-9-3-1-8(2-4-9)5-10-18-11(20-19-10)6-17-7-12(14,15)16/h1-4,17H,5-7H2. The van der Waals surface area contributed by atoms with Crippen molar-refractivity contribution in [3.63, 3.8) is 0 Å². The van der Waals surface area contributed by atoms with Gasteiger partial charge in [-0.3, -0.25) is 0 Å². The van der Waals surface area contributed by atoms with Gasteiger partial charge in [-0.05, 0) is 17.7 Å². The molecular weight excluding hydrogens is 295 g/mol. The summed E-state index contributed by atoms with van der Waals surface area (Å²) in [5.74, 6) is 0.536. The van der Waals surface area contributed by atoms with Crippen LogP contribution in [0, 0.1) is 0 Å². The highest BCUT2D eigenvalue weighted by Crippen LogP contribution is 2.13. The molecule has 2 rings (SSSR count). The van der Waals surface area contributed by atoms with E-state index in [-0.39, 0.29) is 12.4 Å². The third kappa shape index (κ3) is 4.82. The second-order valence-corrected chi connectivity index (χ2v) is 4.56. The van der Waals surface area contributed by atoms with E-state index in [1.165, 1.54) is 0 Å². The Bertz CT molecular complexity index is 554. The normalized spacial score (nSPS) is 11.8. The third-order valence-electron chi connectivity index (χ3n) is 2.39. The number of nitrogens with one attached hydrogen (secondary N) is 1. The number of benzene rings is 1. The van der Waals surface area contributed by atoms with Gasteiger partial charge >= 0.3 is 6.18 Å². The summed E-state index contributed by atoms with van der Waals surface area (Å²) in [5.41, 5.74) is 0.935. The highest BCUT2D eigenvalue weighted by atomic mass is 35.5. The predicted octanol–water partition coefficient (Wildman–Crippen LogP) is 2.97. The van der Waals surface area contributed by atoms with E-state index in [4.69, 9.17) is 16.1 Å². The lowest BCUT2D eigenvalue weighted by Gasteiger charge is -2.05. The van der Waals surface area contributed by atoms with Crippen LogP contribution >= 0.6 is 11.6 Å². The SMILES string of the molecule is FC(F)(F)CNCc1nc(Cc2ccc(Cl)cc2)no1. The Labute approximate surface area is 117 Å². The molecule has 0 saturated carbocycles. The number of alkyl halides is 3. The van der Waals surface area contributed by atoms with Gasteiger partial charge in [-0.15, -0.1) is 0 Å². The number of rotatable bonds is 5. The Morgan fingerprint density at radius 2 is 1.90 bits per heavy atom. The van der Waals surface area contributed by atoms with Crippen molar-refractivity contribution in [3.05, 3.63) is 46.6 Å². The van der Waals surface area contributed by atoms with Gasteiger partial charge < -0.3 is 9.84 Å². The quantitative estimate of drug-likeness (QED) is 0.922. The van der Waals surface area contributed by atoms with Gasteiger partial charge in [-0.2, -0.15) is 18.2 Å². The molecule has 0 atom stereocenters. The van der Waals surface area contributed by atoms with Crippen molar-refractivity contribution in [1.82, 2.24) is 15.5 Å². The van der Waals surface area contributed by atoms with Crippen LogP contribution in [0.4, 0.5) is 13.2 Å². The summed E-state index contributed by atoms with van der Waals surface area (Å²) in [6.07, 6.45) is -3.83. The lowest BCUT2D eigenvalue weighted by Crippen LogP contribution is -2.28. The van der Waals surface area contributed by atoms with Gasteiger partial charge in [0, 0.05) is 11.4 Å². The molecule has 0 saturated heterocycles. The van der Waals surface area contributed by atoms with E-state index in [2.05, 4.69) is 15.5 Å². The monoisotopic (exact) mass is 305 g/mol. The molecule has 1 N–H and O–H groups in total. The van der Waals surface area contributed by atoms with Crippen molar-refractivity contribution < 1.29 is 17.7 Å². The molecule has 0 aliphatic carbocycles. The highest BCUT2D eigenvalue weighted by molar-refractivity contribution is 6.30. The van der Waals surface area contributed by atoms with Gasteiger partial charge in [0.1, 0.15) is 0 Å². The number of hydrogen-bond donors (Lipinski definition) is 1. The third-order valence-corrected chi connectivity index (χ3v) is 2.64. The van der Waals surface area contributed by atoms with Crippen LogP contribution in [-0.2, 0) is 13.0 Å². The zero-order valence-electron chi connectivity index (χ0n) is 10.2. The van der Waals surface area contributed by atoms with Crippen LogP contribution in [0.3, 0.4) is 0 Å². The molecule has 0 fully saturated rings. The van der Waals surface area contributed by atoms with E-state index in [1.807, 2.05) is 12.1 Å². The fourth-order valence-corrected chi connectivity index (χ4v) is 1.66. The molecule has 0 spiro atoms. The Kier molecular flexibility index (Phi) is 4.61. The first-order valence-electron chi connectivity index (χ1n) is 5.76. The number of nitrogens with zero attached hydrogens (tertiary/aromatic N) is 2. The smallest absolute Gasteiger partial charge is 0.338 e. The Morgan fingerprint density at radius 3 is 2.55 bits per heavy atom. The van der Waals surface area contributed by atoms with Crippen LogP contribution in [0.5, 0.6) is 0 Å². The molecule has 0 aliphatic rings. The molecule has 0 unspecified atom stereocenters. The molecular formula is C12H11ClF3N3O. The van der Waals surface area contributed by atoms with Crippen molar-refractivity contribution >= 4 is 11.6 Å². The number of aromatic nitrogens is 2. The maximum Gasteiger partial charge on any atom is 0.401 e. The zero-order valence-corrected chi connectivity index (χ0v) is 11.0. The van der Waals surface area contributed by atoms with E-state index in [1.54, 1.807) is 12.1 Å². The molecule has 0 amide bonds. The van der Waals surface area contributed by atoms with Gasteiger partial charge in [0.25, 0.3) is 0 Å². The molecule has 4 nitrogen and oxygen atoms in total. The second-order valence-electron chi connectivity index (χ2n) is 4.13. The largest absolute Gasteiger partial charge is 0.401 e. The van der Waals surface area contributed by atoms with Crippen molar-refractivity contribution in [2.75, 3.05) is 6.54 Å². The van der Waals surface area contributed by atoms with Crippen LogP contribution in [-0.4, -0.2) is 22.9 Å². The number of hydrogen-bond acceptors (Lipinski definition) is 4. The van der Waals surface area contributed by atoms with E-state index >= 15 is 0 Å². The molecule has 108 valence electrons. The average Bonchev–Trinajstić information content (AvgIpc) is 2.78. The summed E-state index contributed by atoms with van der Waals surface area (Å²) in [6, 6.07) is 7.12. The van der Waals surface area contributed by atoms with Crippen molar-refractivity contribution in [1.29, 1.82) is 0 Å². The summed E-state index contributed by atoms with van der Waals surface area (Å²) in [6.45, 7) is -1.21. The first-order chi connectivity index (χ1) is 9.42. The van der Waals surface area contributed by atoms with Gasteiger partial charge in [0.05, 0.1) is 13.1 Å². The first kappa shape index (κ1) is 14.8. The van der Waals surface area contributed by atoms with Crippen LogP contribution < -0.4 is 5.32 Å². The van der Waals surface area contributed by atoms with Crippen LogP contribution in [0.25, 0.3) is 0 Å². The topological polar surface area (TPSA) is 51.0 Å². The van der Waals surface area contributed by atoms with E-state index in [0.29, 0.717) is 17.3 Å². The van der Waals surface area contributed by atoms with Crippen molar-refractivity contribution in [2.24, 2.45) is 0 Å². The minimum atomic E-state index is -4.26. The Balaban J connectivity index is 1.87. The summed E-state index contributed by atoms with van der Waals surface area (Å²) in [4.78, 5) is 4.01. The van der Waals surface area contributed by atoms with Gasteiger partial charge in [-0.25, -0.2) is 0 Å². The van der Waals surface area contributed by atoms with Crippen LogP contribution in [0.15, 0.2) is 28.8 Å². The molecule has 2 aromatic rings. The summed E-state index contributed by atoms with van der Waals surface area (Å²) < 4.78 is 40.7. The fourth-order valence-electron chi connectivity index (χ4n) is 1.53. The van der Waals surface area contributed by atoms with Crippen molar-refractivity contribution in [3.8, 4) is 0 Å². The zero-order chi connectivity index (χ0) is 14.6. The van der Waals surface area contributed by atoms with Crippen LogP contribution in [0.1, 0.15) is 17.3 Å². The van der Waals surface area contributed by atoms with Crippen molar-refractivity contribution in [2.45, 2.75) is 19.1 Å². The average molecular weight is 306 g/mol. The molecule has 1 aromatic carbocycles. The molecule has 0 bridgehead atoms. The maximum absolute atomic E-state index is 11.9. The molecule has 1 aromatic heterocycles. The van der Waals surface area contributed by atoms with E-state index < -0.39 is 12.7 Å². The lowest BCUT2D eigenvalue weighted by molar-refractivity contribution is -0.125. The Hall–Kier alpha value is -1.60. The summed E-state index contributed by atoms with van der Waals surface area (Å²) in [7, 11) is 0. The van der Waals surface area contributed by atoms with Crippen LogP contribution in [0.2, 0.25) is 5.02 Å². The number of halogens is 4. The van der Waals surface area contributed by atoms with E-state index in [0.717, 1.165) is 5.56 Å². The highest BCUT2D eigenvalue weighted by Gasteiger charge is 2.26. The molecule has 1 heterocycles. The first-order valence-corrected chi connectivity index (χ1v) is 6.13. The minimum absolute atomic E-state index is 0.118. The lowest BCUT2D eigenvalue weighted by atomic mass is 10.1. The second kappa shape index (κ2) is 6.23. The molecule has 20 heavy (non-hydrogen) atoms. The minimum Gasteiger partial charge on any atom is -0.338 e. The Morgan fingerprint density at radius 1 is 1.20 bits per heavy atom. The van der Waals surface area contributed by atoms with Gasteiger partial charge in [0.2, 0.25) is 5.89 Å².